The third kappa shape index (κ3) is 2.18. The summed E-state index contributed by atoms with van der Waals surface area (Å²) in [5.74, 6) is -0.813. The molecule has 0 aromatic carbocycles. The van der Waals surface area contributed by atoms with Crippen LogP contribution in [0.1, 0.15) is 25.2 Å². The number of carboxylic acids is 1. The molecule has 0 fully saturated rings. The number of carboxylic acid groups (broad SMARTS) is 1. The number of aliphatic carboxylic acids is 1. The monoisotopic (exact) mass is 239 g/mol. The zero-order valence-electron chi connectivity index (χ0n) is 10.00. The van der Waals surface area contributed by atoms with Crippen molar-refractivity contribution in [1.29, 1.82) is 0 Å². The summed E-state index contributed by atoms with van der Waals surface area (Å²) >= 11 is 0. The second kappa shape index (κ2) is 4.46. The third-order valence-electron chi connectivity index (χ3n) is 3.28. The largest absolute Gasteiger partial charge is 0.480 e. The van der Waals surface area contributed by atoms with E-state index in [2.05, 4.69) is 5.10 Å². The van der Waals surface area contributed by atoms with Crippen LogP contribution in [-0.2, 0) is 24.5 Å². The van der Waals surface area contributed by atoms with E-state index in [0.717, 1.165) is 5.69 Å². The molecule has 0 spiro atoms. The molecule has 0 saturated carbocycles. The van der Waals surface area contributed by atoms with Crippen LogP contribution in [0.15, 0.2) is 6.07 Å². The fourth-order valence-corrected chi connectivity index (χ4v) is 2.24. The van der Waals surface area contributed by atoms with E-state index in [-0.39, 0.29) is 12.6 Å². The molecule has 1 aromatic rings. The van der Waals surface area contributed by atoms with Crippen molar-refractivity contribution in [2.45, 2.75) is 45.6 Å². The maximum absolute atomic E-state index is 11.0. The quantitative estimate of drug-likeness (QED) is 0.779. The summed E-state index contributed by atoms with van der Waals surface area (Å²) in [6, 6.07) is 1.44. The molecule has 1 aromatic heterocycles. The molecule has 1 aliphatic heterocycles. The van der Waals surface area contributed by atoms with Crippen LogP contribution in [0.2, 0.25) is 0 Å². The van der Waals surface area contributed by atoms with Gasteiger partial charge in [0.2, 0.25) is 0 Å². The van der Waals surface area contributed by atoms with Gasteiger partial charge in [-0.25, -0.2) is 0 Å². The second-order valence-corrected chi connectivity index (χ2v) is 4.50. The van der Waals surface area contributed by atoms with Crippen LogP contribution in [0.5, 0.6) is 0 Å². The van der Waals surface area contributed by atoms with Crippen molar-refractivity contribution < 1.29 is 15.0 Å². The van der Waals surface area contributed by atoms with E-state index in [1.54, 1.807) is 6.92 Å². The Kier molecular flexibility index (Phi) is 3.17. The molecule has 0 amide bonds. The molecule has 6 heteroatoms. The Morgan fingerprint density at radius 1 is 1.71 bits per heavy atom. The van der Waals surface area contributed by atoms with Gasteiger partial charge in [0.1, 0.15) is 6.04 Å². The molecule has 0 saturated heterocycles. The first kappa shape index (κ1) is 12.1. The van der Waals surface area contributed by atoms with Gasteiger partial charge in [0.25, 0.3) is 0 Å². The Balaban J connectivity index is 2.22. The minimum absolute atomic E-state index is 0.0805. The Morgan fingerprint density at radius 2 is 2.41 bits per heavy atom. The summed E-state index contributed by atoms with van der Waals surface area (Å²) in [5.41, 5.74) is 1.59. The van der Waals surface area contributed by atoms with Crippen molar-refractivity contribution in [3.05, 3.63) is 17.5 Å². The molecular weight excluding hydrogens is 222 g/mol. The van der Waals surface area contributed by atoms with Gasteiger partial charge < -0.3 is 10.2 Å². The molecule has 1 aliphatic rings. The minimum atomic E-state index is -0.813. The molecular formula is C11H17N3O3. The van der Waals surface area contributed by atoms with E-state index < -0.39 is 12.0 Å². The van der Waals surface area contributed by atoms with Gasteiger partial charge in [-0.15, -0.1) is 0 Å². The topological polar surface area (TPSA) is 78.6 Å². The lowest BCUT2D eigenvalue weighted by molar-refractivity contribution is -0.144. The van der Waals surface area contributed by atoms with Crippen molar-refractivity contribution >= 4 is 5.97 Å². The normalized spacial score (nSPS) is 22.2. The number of fused-ring (bicyclic) bond motifs is 1. The summed E-state index contributed by atoms with van der Waals surface area (Å²) in [4.78, 5) is 12.9. The van der Waals surface area contributed by atoms with Gasteiger partial charge in [0.05, 0.1) is 24.5 Å². The van der Waals surface area contributed by atoms with Crippen molar-refractivity contribution in [3.8, 4) is 0 Å². The Bertz CT molecular complexity index is 430. The van der Waals surface area contributed by atoms with E-state index >= 15 is 0 Å². The predicted octanol–water partition coefficient (Wildman–Crippen LogP) is 0.0526. The fourth-order valence-electron chi connectivity index (χ4n) is 2.24. The third-order valence-corrected chi connectivity index (χ3v) is 3.28. The van der Waals surface area contributed by atoms with Gasteiger partial charge >= 0.3 is 5.97 Å². The second-order valence-electron chi connectivity index (χ2n) is 4.50. The molecule has 0 bridgehead atoms. The fraction of sp³-hybridized carbons (Fsp3) is 0.636. The van der Waals surface area contributed by atoms with Crippen LogP contribution < -0.4 is 0 Å². The zero-order valence-corrected chi connectivity index (χ0v) is 10.00. The van der Waals surface area contributed by atoms with Crippen LogP contribution in [0.3, 0.4) is 0 Å². The average Bonchev–Trinajstić information content (AvgIpc) is 2.68. The standard InChI is InChI=1S/C11H17N3O3/c1-7-4-14-10(3-9(6-15)12-14)5-13(7)8(2)11(16)17/h3,7-8,15H,4-6H2,1-2H3,(H,16,17)/t7-,8-/m0/s1. The Morgan fingerprint density at radius 3 is 3.00 bits per heavy atom. The smallest absolute Gasteiger partial charge is 0.320 e. The summed E-state index contributed by atoms with van der Waals surface area (Å²) in [6.07, 6.45) is 0. The van der Waals surface area contributed by atoms with Crippen LogP contribution in [0.25, 0.3) is 0 Å². The summed E-state index contributed by atoms with van der Waals surface area (Å²) < 4.78 is 1.85. The number of nitrogens with zero attached hydrogens (tertiary/aromatic N) is 3. The van der Waals surface area contributed by atoms with Gasteiger partial charge in [0, 0.05) is 12.6 Å². The van der Waals surface area contributed by atoms with Gasteiger partial charge in [-0.2, -0.15) is 5.10 Å². The molecule has 6 nitrogen and oxygen atoms in total. The number of hydrogen-bond donors (Lipinski definition) is 2. The number of hydrogen-bond acceptors (Lipinski definition) is 4. The summed E-state index contributed by atoms with van der Waals surface area (Å²) in [5, 5.41) is 22.3. The SMILES string of the molecule is C[C@H]1Cn2nc(CO)cc2CN1[C@@H](C)C(=O)O. The maximum Gasteiger partial charge on any atom is 0.320 e. The molecule has 2 atom stereocenters. The van der Waals surface area contributed by atoms with Gasteiger partial charge in [-0.1, -0.05) is 0 Å². The van der Waals surface area contributed by atoms with Crippen LogP contribution in [0.4, 0.5) is 0 Å². The van der Waals surface area contributed by atoms with Crippen LogP contribution in [0, 0.1) is 0 Å². The molecule has 2 N–H and O–H groups in total. The summed E-state index contributed by atoms with van der Waals surface area (Å²) in [7, 11) is 0. The Labute approximate surface area is 99.5 Å². The van der Waals surface area contributed by atoms with Gasteiger partial charge in [-0.05, 0) is 19.9 Å². The molecule has 94 valence electrons. The highest BCUT2D eigenvalue weighted by Crippen LogP contribution is 2.20. The number of aliphatic hydroxyl groups is 1. The zero-order chi connectivity index (χ0) is 12.6. The highest BCUT2D eigenvalue weighted by molar-refractivity contribution is 5.72. The molecule has 17 heavy (non-hydrogen) atoms. The number of aromatic nitrogens is 2. The molecule has 2 rings (SSSR count). The lowest BCUT2D eigenvalue weighted by Gasteiger charge is -2.36. The molecule has 0 unspecified atom stereocenters. The van der Waals surface area contributed by atoms with E-state index in [9.17, 15) is 4.79 Å². The van der Waals surface area contributed by atoms with Gasteiger partial charge in [-0.3, -0.25) is 14.4 Å². The van der Waals surface area contributed by atoms with Crippen molar-refractivity contribution in [1.82, 2.24) is 14.7 Å². The molecule has 0 radical (unpaired) electrons. The first-order valence-corrected chi connectivity index (χ1v) is 5.68. The van der Waals surface area contributed by atoms with Crippen LogP contribution >= 0.6 is 0 Å². The lowest BCUT2D eigenvalue weighted by Crippen LogP contribution is -2.49. The molecule has 0 aliphatic carbocycles. The first-order chi connectivity index (χ1) is 8.02. The number of aliphatic hydroxyl groups excluding tert-OH is 1. The van der Waals surface area contributed by atoms with E-state index in [4.69, 9.17) is 10.2 Å². The van der Waals surface area contributed by atoms with E-state index in [0.29, 0.717) is 18.8 Å². The van der Waals surface area contributed by atoms with Crippen molar-refractivity contribution in [2.75, 3.05) is 0 Å². The molecule has 2 heterocycles. The highest BCUT2D eigenvalue weighted by Gasteiger charge is 2.30. The number of rotatable bonds is 3. The summed E-state index contributed by atoms with van der Waals surface area (Å²) in [6.45, 7) is 4.82. The maximum atomic E-state index is 11.0. The first-order valence-electron chi connectivity index (χ1n) is 5.68. The van der Waals surface area contributed by atoms with Gasteiger partial charge in [0.15, 0.2) is 0 Å². The minimum Gasteiger partial charge on any atom is -0.480 e. The lowest BCUT2D eigenvalue weighted by atomic mass is 10.1. The predicted molar refractivity (Wildman–Crippen MR) is 60.3 cm³/mol. The number of carbonyl (C=O) groups is 1. The van der Waals surface area contributed by atoms with E-state index in [1.165, 1.54) is 0 Å². The highest BCUT2D eigenvalue weighted by atomic mass is 16.4. The average molecular weight is 239 g/mol. The Hall–Kier alpha value is -1.40. The van der Waals surface area contributed by atoms with Crippen molar-refractivity contribution in [3.63, 3.8) is 0 Å². The van der Waals surface area contributed by atoms with Crippen LogP contribution in [-0.4, -0.2) is 42.9 Å². The van der Waals surface area contributed by atoms with E-state index in [1.807, 2.05) is 22.6 Å². The van der Waals surface area contributed by atoms with Crippen molar-refractivity contribution in [2.24, 2.45) is 0 Å².